The van der Waals surface area contributed by atoms with E-state index in [2.05, 4.69) is 54.9 Å². The average molecular weight is 705 g/mol. The van der Waals surface area contributed by atoms with E-state index in [1.807, 2.05) is 0 Å². The van der Waals surface area contributed by atoms with Crippen molar-refractivity contribution in [2.24, 2.45) is 0 Å². The van der Waals surface area contributed by atoms with Crippen molar-refractivity contribution in [1.29, 1.82) is 0 Å². The Kier molecular flexibility index (Phi) is 31.7. The minimum absolute atomic E-state index is 1.10. The van der Waals surface area contributed by atoms with Crippen molar-refractivity contribution in [1.82, 2.24) is 9.55 Å². The Hall–Kier alpha value is -1.57. The molecule has 2 aromatic rings. The van der Waals surface area contributed by atoms with E-state index < -0.39 is 0 Å². The first-order valence-corrected chi connectivity index (χ1v) is 23.4. The van der Waals surface area contributed by atoms with Crippen LogP contribution in [0.5, 0.6) is 0 Å². The van der Waals surface area contributed by atoms with Gasteiger partial charge in [0.05, 0.1) is 5.69 Å². The van der Waals surface area contributed by atoms with Gasteiger partial charge in [-0.05, 0) is 37.7 Å². The Morgan fingerprint density at radius 2 is 0.745 bits per heavy atom. The van der Waals surface area contributed by atoms with Gasteiger partial charge in [-0.25, -0.2) is 4.98 Å². The molecule has 1 heterocycles. The molecule has 2 heteroatoms. The molecule has 1 aromatic carbocycles. The predicted octanol–water partition coefficient (Wildman–Crippen LogP) is 16.5. The SMILES string of the molecule is CCCCCCCCCCCCCCCCCCCn1cc(CCCc2ccccc2)nc1CCCCCCCCCCCCCCCCCC. The van der Waals surface area contributed by atoms with Crippen LogP contribution in [0.3, 0.4) is 0 Å². The van der Waals surface area contributed by atoms with Gasteiger partial charge in [-0.15, -0.1) is 0 Å². The number of rotatable bonds is 39. The van der Waals surface area contributed by atoms with Crippen molar-refractivity contribution in [2.45, 2.75) is 258 Å². The fourth-order valence-corrected chi connectivity index (χ4v) is 7.98. The number of hydrogen-bond acceptors (Lipinski definition) is 1. The second-order valence-corrected chi connectivity index (χ2v) is 16.4. The lowest BCUT2D eigenvalue weighted by molar-refractivity contribution is 0.512. The fraction of sp³-hybridized carbons (Fsp3) is 0.816. The molecule has 0 aliphatic rings. The Morgan fingerprint density at radius 1 is 0.373 bits per heavy atom. The smallest absolute Gasteiger partial charge is 0.108 e. The monoisotopic (exact) mass is 705 g/mol. The van der Waals surface area contributed by atoms with E-state index in [0.29, 0.717) is 0 Å². The summed E-state index contributed by atoms with van der Waals surface area (Å²) in [5.41, 5.74) is 2.78. The van der Waals surface area contributed by atoms with Gasteiger partial charge in [0, 0.05) is 19.2 Å². The van der Waals surface area contributed by atoms with Crippen LogP contribution in [0, 0.1) is 0 Å². The van der Waals surface area contributed by atoms with Crippen molar-refractivity contribution in [3.8, 4) is 0 Å². The van der Waals surface area contributed by atoms with Crippen molar-refractivity contribution in [3.63, 3.8) is 0 Å². The van der Waals surface area contributed by atoms with E-state index in [0.717, 1.165) is 19.3 Å². The van der Waals surface area contributed by atoms with Gasteiger partial charge < -0.3 is 4.57 Å². The molecule has 0 atom stereocenters. The van der Waals surface area contributed by atoms with Crippen LogP contribution in [-0.2, 0) is 25.8 Å². The van der Waals surface area contributed by atoms with Crippen molar-refractivity contribution in [3.05, 3.63) is 53.6 Å². The second kappa shape index (κ2) is 35.5. The minimum Gasteiger partial charge on any atom is -0.335 e. The first-order chi connectivity index (χ1) is 25.3. The van der Waals surface area contributed by atoms with Gasteiger partial charge in [0.2, 0.25) is 0 Å². The molecule has 0 N–H and O–H groups in total. The Labute approximate surface area is 320 Å². The van der Waals surface area contributed by atoms with Crippen LogP contribution < -0.4 is 0 Å². The third kappa shape index (κ3) is 27.7. The van der Waals surface area contributed by atoms with Crippen molar-refractivity contribution in [2.75, 3.05) is 0 Å². The topological polar surface area (TPSA) is 17.8 Å². The number of hydrogen-bond donors (Lipinski definition) is 0. The van der Waals surface area contributed by atoms with E-state index in [1.165, 1.54) is 242 Å². The van der Waals surface area contributed by atoms with E-state index in [1.54, 1.807) is 0 Å². The quantitative estimate of drug-likeness (QED) is 0.0634. The number of nitrogens with zero attached hydrogens (tertiary/aromatic N) is 2. The highest BCUT2D eigenvalue weighted by Gasteiger charge is 2.09. The molecular formula is C49H88N2. The molecule has 294 valence electrons. The van der Waals surface area contributed by atoms with Gasteiger partial charge in [0.25, 0.3) is 0 Å². The summed E-state index contributed by atoms with van der Waals surface area (Å²) >= 11 is 0. The molecule has 0 amide bonds. The summed E-state index contributed by atoms with van der Waals surface area (Å²) in [5, 5.41) is 0. The van der Waals surface area contributed by atoms with Crippen LogP contribution in [-0.4, -0.2) is 9.55 Å². The predicted molar refractivity (Wildman–Crippen MR) is 228 cm³/mol. The molecule has 2 nitrogen and oxygen atoms in total. The molecule has 0 bridgehead atoms. The molecule has 0 radical (unpaired) electrons. The summed E-state index contributed by atoms with van der Waals surface area (Å²) in [6, 6.07) is 11.0. The first-order valence-electron chi connectivity index (χ1n) is 23.4. The molecule has 0 aliphatic heterocycles. The number of aromatic nitrogens is 2. The molecule has 0 saturated heterocycles. The first kappa shape index (κ1) is 45.6. The van der Waals surface area contributed by atoms with Crippen LogP contribution in [0.2, 0.25) is 0 Å². The summed E-state index contributed by atoms with van der Waals surface area (Å²) in [4.78, 5) is 5.21. The zero-order chi connectivity index (χ0) is 36.1. The van der Waals surface area contributed by atoms with Crippen LogP contribution in [0.1, 0.15) is 249 Å². The maximum Gasteiger partial charge on any atom is 0.108 e. The Morgan fingerprint density at radius 3 is 1.16 bits per heavy atom. The average Bonchev–Trinajstić information content (AvgIpc) is 3.54. The van der Waals surface area contributed by atoms with Crippen molar-refractivity contribution >= 4 is 0 Å². The fourth-order valence-electron chi connectivity index (χ4n) is 7.98. The van der Waals surface area contributed by atoms with Gasteiger partial charge in [-0.1, -0.05) is 243 Å². The van der Waals surface area contributed by atoms with E-state index in [4.69, 9.17) is 4.98 Å². The molecule has 0 fully saturated rings. The van der Waals surface area contributed by atoms with Gasteiger partial charge in [-0.2, -0.15) is 0 Å². The van der Waals surface area contributed by atoms with Gasteiger partial charge >= 0.3 is 0 Å². The largest absolute Gasteiger partial charge is 0.335 e. The molecule has 0 aliphatic carbocycles. The maximum absolute atomic E-state index is 5.21. The molecule has 51 heavy (non-hydrogen) atoms. The number of aryl methyl sites for hydroxylation is 4. The van der Waals surface area contributed by atoms with Gasteiger partial charge in [0.15, 0.2) is 0 Å². The van der Waals surface area contributed by atoms with Gasteiger partial charge in [-0.3, -0.25) is 0 Å². The Bertz CT molecular complexity index is 962. The number of imidazole rings is 1. The van der Waals surface area contributed by atoms with E-state index in [-0.39, 0.29) is 0 Å². The standard InChI is InChI=1S/C49H88N2/c1-3-5-7-9-11-13-15-17-19-21-23-25-27-29-31-33-38-45-51-46-48(43-39-42-47-40-35-34-36-41-47)50-49(51)44-37-32-30-28-26-24-22-20-18-16-14-12-10-8-6-4-2/h34-36,40-41,46H,3-33,37-39,42-45H2,1-2H3. The van der Waals surface area contributed by atoms with Crippen LogP contribution >= 0.6 is 0 Å². The summed E-state index contributed by atoms with van der Waals surface area (Å²) < 4.78 is 2.55. The number of benzene rings is 1. The summed E-state index contributed by atoms with van der Waals surface area (Å²) in [5.74, 6) is 1.37. The molecule has 1 aromatic heterocycles. The zero-order valence-corrected chi connectivity index (χ0v) is 34.7. The lowest BCUT2D eigenvalue weighted by Crippen LogP contribution is -2.03. The van der Waals surface area contributed by atoms with Crippen LogP contribution in [0.25, 0.3) is 0 Å². The van der Waals surface area contributed by atoms with Gasteiger partial charge in [0.1, 0.15) is 5.82 Å². The Balaban J connectivity index is 1.53. The molecule has 0 spiro atoms. The molecule has 0 unspecified atom stereocenters. The highest BCUT2D eigenvalue weighted by Crippen LogP contribution is 2.18. The third-order valence-electron chi connectivity index (χ3n) is 11.4. The van der Waals surface area contributed by atoms with E-state index in [9.17, 15) is 0 Å². The third-order valence-corrected chi connectivity index (χ3v) is 11.4. The lowest BCUT2D eigenvalue weighted by Gasteiger charge is -2.08. The zero-order valence-electron chi connectivity index (χ0n) is 34.7. The second-order valence-electron chi connectivity index (χ2n) is 16.4. The van der Waals surface area contributed by atoms with Crippen LogP contribution in [0.15, 0.2) is 36.5 Å². The molecule has 2 rings (SSSR count). The summed E-state index contributed by atoms with van der Waals surface area (Å²) in [6.45, 7) is 5.78. The highest BCUT2D eigenvalue weighted by atomic mass is 15.1. The normalized spacial score (nSPS) is 11.6. The molecular weight excluding hydrogens is 617 g/mol. The molecule has 0 saturated carbocycles. The number of unbranched alkanes of at least 4 members (excludes halogenated alkanes) is 31. The van der Waals surface area contributed by atoms with Crippen LogP contribution in [0.4, 0.5) is 0 Å². The van der Waals surface area contributed by atoms with E-state index >= 15 is 0 Å². The highest BCUT2D eigenvalue weighted by molar-refractivity contribution is 5.15. The maximum atomic E-state index is 5.21. The summed E-state index contributed by atoms with van der Waals surface area (Å²) in [6.07, 6.45) is 54.3. The lowest BCUT2D eigenvalue weighted by atomic mass is 10.0. The summed E-state index contributed by atoms with van der Waals surface area (Å²) in [7, 11) is 0. The minimum atomic E-state index is 1.10. The van der Waals surface area contributed by atoms with Crippen molar-refractivity contribution < 1.29 is 0 Å².